The maximum atomic E-state index is 10.2. The van der Waals surface area contributed by atoms with Crippen molar-refractivity contribution in [3.05, 3.63) is 29.8 Å². The molecule has 0 N–H and O–H groups in total. The lowest BCUT2D eigenvalue weighted by Crippen LogP contribution is -2.29. The van der Waals surface area contributed by atoms with E-state index >= 15 is 0 Å². The van der Waals surface area contributed by atoms with Crippen LogP contribution in [0.1, 0.15) is 25.3 Å². The minimum absolute atomic E-state index is 0.313. The molecule has 0 aliphatic rings. The zero-order valence-corrected chi connectivity index (χ0v) is 8.32. The van der Waals surface area contributed by atoms with E-state index in [0.717, 1.165) is 5.56 Å². The summed E-state index contributed by atoms with van der Waals surface area (Å²) in [5.41, 5.74) is 1.01. The van der Waals surface area contributed by atoms with Gasteiger partial charge in [-0.3, -0.25) is 0 Å². The lowest BCUT2D eigenvalue weighted by Gasteiger charge is -2.13. The highest BCUT2D eigenvalue weighted by Gasteiger charge is 2.06. The molecule has 0 saturated carbocycles. The molecular weight excluding hydrogens is 180 g/mol. The molecule has 1 aromatic carbocycles. The number of rotatable bonds is 4. The standard InChI is InChI=1S/C11H14O3/c1-8(2)9-5-3-4-6-10(9)14-7-11(12)13/h3-6,8H,7H2,1-2H3,(H,12,13)/p-1. The lowest BCUT2D eigenvalue weighted by molar-refractivity contribution is -0.307. The molecule has 0 bridgehead atoms. The topological polar surface area (TPSA) is 49.4 Å². The summed E-state index contributed by atoms with van der Waals surface area (Å²) in [4.78, 5) is 10.2. The van der Waals surface area contributed by atoms with Crippen LogP contribution in [-0.2, 0) is 4.79 Å². The monoisotopic (exact) mass is 193 g/mol. The van der Waals surface area contributed by atoms with Gasteiger partial charge in [-0.25, -0.2) is 0 Å². The van der Waals surface area contributed by atoms with Crippen LogP contribution in [0.2, 0.25) is 0 Å². The number of hydrogen-bond donors (Lipinski definition) is 0. The van der Waals surface area contributed by atoms with E-state index in [9.17, 15) is 9.90 Å². The number of carbonyl (C=O) groups excluding carboxylic acids is 1. The van der Waals surface area contributed by atoms with E-state index in [1.165, 1.54) is 0 Å². The number of carboxylic acid groups (broad SMARTS) is 1. The summed E-state index contributed by atoms with van der Waals surface area (Å²) in [6.45, 7) is 3.66. The van der Waals surface area contributed by atoms with Gasteiger partial charge in [-0.15, -0.1) is 0 Å². The maximum absolute atomic E-state index is 10.2. The van der Waals surface area contributed by atoms with E-state index in [4.69, 9.17) is 4.74 Å². The van der Waals surface area contributed by atoms with Crippen molar-refractivity contribution in [3.63, 3.8) is 0 Å². The van der Waals surface area contributed by atoms with Crippen molar-refractivity contribution in [3.8, 4) is 5.75 Å². The predicted octanol–water partition coefficient (Wildman–Crippen LogP) is 0.939. The fourth-order valence-electron chi connectivity index (χ4n) is 1.23. The van der Waals surface area contributed by atoms with Crippen molar-refractivity contribution in [2.45, 2.75) is 19.8 Å². The molecule has 0 unspecified atom stereocenters. The number of para-hydroxylation sites is 1. The maximum Gasteiger partial charge on any atom is 0.128 e. The Kier molecular flexibility index (Phi) is 3.51. The second kappa shape index (κ2) is 4.65. The second-order valence-electron chi connectivity index (χ2n) is 3.35. The lowest BCUT2D eigenvalue weighted by atomic mass is 10.0. The smallest absolute Gasteiger partial charge is 0.128 e. The normalized spacial score (nSPS) is 10.2. The molecule has 0 fully saturated rings. The van der Waals surface area contributed by atoms with Gasteiger partial charge >= 0.3 is 0 Å². The van der Waals surface area contributed by atoms with Gasteiger partial charge in [0.05, 0.1) is 5.97 Å². The molecule has 0 spiro atoms. The minimum atomic E-state index is -1.21. The first-order valence-electron chi connectivity index (χ1n) is 4.53. The van der Waals surface area contributed by atoms with E-state index in [2.05, 4.69) is 0 Å². The highest BCUT2D eigenvalue weighted by atomic mass is 16.5. The third kappa shape index (κ3) is 2.76. The predicted molar refractivity (Wildman–Crippen MR) is 51.0 cm³/mol. The third-order valence-corrected chi connectivity index (χ3v) is 1.89. The molecule has 0 aliphatic heterocycles. The number of carbonyl (C=O) groups is 1. The average Bonchev–Trinajstić information content (AvgIpc) is 2.15. The Morgan fingerprint density at radius 2 is 2.07 bits per heavy atom. The SMILES string of the molecule is CC(C)c1ccccc1OCC(=O)[O-]. The molecule has 0 radical (unpaired) electrons. The van der Waals surface area contributed by atoms with E-state index in [-0.39, 0.29) is 0 Å². The summed E-state index contributed by atoms with van der Waals surface area (Å²) in [7, 11) is 0. The first-order valence-corrected chi connectivity index (χ1v) is 4.53. The van der Waals surface area contributed by atoms with Crippen LogP contribution < -0.4 is 9.84 Å². The zero-order chi connectivity index (χ0) is 10.6. The highest BCUT2D eigenvalue weighted by Crippen LogP contribution is 2.25. The number of benzene rings is 1. The number of carboxylic acids is 1. The average molecular weight is 193 g/mol. The molecule has 1 aromatic rings. The van der Waals surface area contributed by atoms with Crippen LogP contribution in [0.4, 0.5) is 0 Å². The molecule has 0 atom stereocenters. The van der Waals surface area contributed by atoms with Crippen molar-refractivity contribution >= 4 is 5.97 Å². The molecule has 0 heterocycles. The Morgan fingerprint density at radius 3 is 2.64 bits per heavy atom. The van der Waals surface area contributed by atoms with E-state index in [1.54, 1.807) is 6.07 Å². The summed E-state index contributed by atoms with van der Waals surface area (Å²) in [5, 5.41) is 10.2. The fourth-order valence-corrected chi connectivity index (χ4v) is 1.23. The third-order valence-electron chi connectivity index (χ3n) is 1.89. The Morgan fingerprint density at radius 1 is 1.43 bits per heavy atom. The summed E-state index contributed by atoms with van der Waals surface area (Å²) >= 11 is 0. The van der Waals surface area contributed by atoms with E-state index in [0.29, 0.717) is 11.7 Å². The van der Waals surface area contributed by atoms with Gasteiger partial charge in [0.2, 0.25) is 0 Å². The van der Waals surface area contributed by atoms with Gasteiger partial charge in [-0.1, -0.05) is 32.0 Å². The van der Waals surface area contributed by atoms with Crippen molar-refractivity contribution in [1.82, 2.24) is 0 Å². The van der Waals surface area contributed by atoms with Crippen molar-refractivity contribution in [1.29, 1.82) is 0 Å². The Bertz CT molecular complexity index is 318. The van der Waals surface area contributed by atoms with Crippen LogP contribution >= 0.6 is 0 Å². The van der Waals surface area contributed by atoms with Gasteiger partial charge < -0.3 is 14.6 Å². The molecule has 76 valence electrons. The molecule has 3 heteroatoms. The summed E-state index contributed by atoms with van der Waals surface area (Å²) in [6, 6.07) is 7.41. The molecule has 0 amide bonds. The first-order chi connectivity index (χ1) is 6.61. The van der Waals surface area contributed by atoms with Gasteiger partial charge in [0.25, 0.3) is 0 Å². The van der Waals surface area contributed by atoms with Crippen molar-refractivity contribution < 1.29 is 14.6 Å². The molecule has 0 aromatic heterocycles. The Balaban J connectivity index is 2.79. The molecule has 0 saturated heterocycles. The van der Waals surface area contributed by atoms with E-state index in [1.807, 2.05) is 32.0 Å². The van der Waals surface area contributed by atoms with Gasteiger partial charge in [0.15, 0.2) is 0 Å². The first kappa shape index (κ1) is 10.6. The molecule has 14 heavy (non-hydrogen) atoms. The van der Waals surface area contributed by atoms with E-state index < -0.39 is 12.6 Å². The van der Waals surface area contributed by atoms with Crippen LogP contribution in [0.3, 0.4) is 0 Å². The highest BCUT2D eigenvalue weighted by molar-refractivity contribution is 5.66. The van der Waals surface area contributed by atoms with Crippen LogP contribution in [0.25, 0.3) is 0 Å². The fraction of sp³-hybridized carbons (Fsp3) is 0.364. The second-order valence-corrected chi connectivity index (χ2v) is 3.35. The molecular formula is C11H13O3-. The van der Waals surface area contributed by atoms with Crippen LogP contribution in [0.5, 0.6) is 5.75 Å². The zero-order valence-electron chi connectivity index (χ0n) is 8.32. The summed E-state index contributed by atoms with van der Waals surface area (Å²) in [6.07, 6.45) is 0. The molecule has 3 nitrogen and oxygen atoms in total. The Hall–Kier alpha value is -1.51. The van der Waals surface area contributed by atoms with Gasteiger partial charge in [0, 0.05) is 0 Å². The van der Waals surface area contributed by atoms with Crippen LogP contribution in [0, 0.1) is 0 Å². The molecule has 1 rings (SSSR count). The van der Waals surface area contributed by atoms with Crippen molar-refractivity contribution in [2.24, 2.45) is 0 Å². The number of ether oxygens (including phenoxy) is 1. The van der Waals surface area contributed by atoms with Crippen LogP contribution in [-0.4, -0.2) is 12.6 Å². The number of hydrogen-bond acceptors (Lipinski definition) is 3. The minimum Gasteiger partial charge on any atom is -0.546 e. The largest absolute Gasteiger partial charge is 0.546 e. The van der Waals surface area contributed by atoms with Gasteiger partial charge in [-0.05, 0) is 17.5 Å². The quantitative estimate of drug-likeness (QED) is 0.715. The number of aliphatic carboxylic acids is 1. The van der Waals surface area contributed by atoms with Gasteiger partial charge in [-0.2, -0.15) is 0 Å². The molecule has 0 aliphatic carbocycles. The van der Waals surface area contributed by atoms with Gasteiger partial charge in [0.1, 0.15) is 12.4 Å². The van der Waals surface area contributed by atoms with Crippen molar-refractivity contribution in [2.75, 3.05) is 6.61 Å². The van der Waals surface area contributed by atoms with Crippen LogP contribution in [0.15, 0.2) is 24.3 Å². The Labute approximate surface area is 83.3 Å². The summed E-state index contributed by atoms with van der Waals surface area (Å²) in [5.74, 6) is -0.275. The summed E-state index contributed by atoms with van der Waals surface area (Å²) < 4.78 is 5.10.